The van der Waals surface area contributed by atoms with Crippen molar-refractivity contribution in [3.63, 3.8) is 0 Å². The van der Waals surface area contributed by atoms with Crippen LogP contribution in [0, 0.1) is 0 Å². The van der Waals surface area contributed by atoms with Gasteiger partial charge in [0.1, 0.15) is 5.75 Å². The largest absolute Gasteiger partial charge is 0.496 e. The average molecular weight is 275 g/mol. The fourth-order valence-corrected chi connectivity index (χ4v) is 3.29. The van der Waals surface area contributed by atoms with Crippen molar-refractivity contribution in [1.29, 1.82) is 0 Å². The van der Waals surface area contributed by atoms with Crippen LogP contribution in [0.5, 0.6) is 5.75 Å². The van der Waals surface area contributed by atoms with Gasteiger partial charge < -0.3 is 10.1 Å². The smallest absolute Gasteiger partial charge is 0.125 e. The summed E-state index contributed by atoms with van der Waals surface area (Å²) in [5.74, 6) is 2.17. The Morgan fingerprint density at radius 3 is 2.30 bits per heavy atom. The van der Waals surface area contributed by atoms with Gasteiger partial charge in [-0.2, -0.15) is 0 Å². The highest BCUT2D eigenvalue weighted by Gasteiger charge is 2.22. The maximum Gasteiger partial charge on any atom is 0.125 e. The molecule has 20 heavy (non-hydrogen) atoms. The quantitative estimate of drug-likeness (QED) is 0.868. The second kappa shape index (κ2) is 6.62. The van der Waals surface area contributed by atoms with E-state index in [1.807, 2.05) is 7.11 Å². The van der Waals surface area contributed by atoms with Crippen molar-refractivity contribution >= 4 is 0 Å². The average Bonchev–Trinajstić information content (AvgIpc) is 2.90. The van der Waals surface area contributed by atoms with E-state index in [2.05, 4.69) is 45.1 Å². The predicted octanol–water partition coefficient (Wildman–Crippen LogP) is 4.24. The normalized spacial score (nSPS) is 19.1. The lowest BCUT2D eigenvalue weighted by Gasteiger charge is -2.23. The summed E-state index contributed by atoms with van der Waals surface area (Å²) in [5.41, 5.74) is 4.21. The summed E-state index contributed by atoms with van der Waals surface area (Å²) in [5, 5.41) is 3.62. The number of hydrogen-bond acceptors (Lipinski definition) is 2. The molecule has 0 spiro atoms. The van der Waals surface area contributed by atoms with Gasteiger partial charge in [-0.1, -0.05) is 39.8 Å². The topological polar surface area (TPSA) is 21.3 Å². The Morgan fingerprint density at radius 2 is 1.80 bits per heavy atom. The van der Waals surface area contributed by atoms with Crippen LogP contribution in [0.4, 0.5) is 0 Å². The Balaban J connectivity index is 2.43. The molecule has 1 unspecified atom stereocenters. The van der Waals surface area contributed by atoms with Crippen LogP contribution in [0.2, 0.25) is 0 Å². The first kappa shape index (κ1) is 15.4. The minimum Gasteiger partial charge on any atom is -0.496 e. The molecule has 0 radical (unpaired) electrons. The van der Waals surface area contributed by atoms with Gasteiger partial charge in [0.25, 0.3) is 0 Å². The molecule has 112 valence electrons. The third kappa shape index (κ3) is 3.17. The molecule has 1 atom stereocenters. The molecule has 0 amide bonds. The summed E-state index contributed by atoms with van der Waals surface area (Å²) in [6.45, 7) is 10.2. The number of rotatable bonds is 5. The summed E-state index contributed by atoms with van der Waals surface area (Å²) in [7, 11) is 1.82. The van der Waals surface area contributed by atoms with E-state index >= 15 is 0 Å². The Labute approximate surface area is 123 Å². The Kier molecular flexibility index (Phi) is 5.09. The van der Waals surface area contributed by atoms with Crippen LogP contribution < -0.4 is 10.1 Å². The standard InChI is InChI=1S/C18H29NO/c1-12(2)15-8-9-16(13(3)4)18(20-5)17(15)11-14-7-6-10-19-14/h8-9,12-14,19H,6-7,10-11H2,1-5H3. The first-order valence-corrected chi connectivity index (χ1v) is 7.97. The van der Waals surface area contributed by atoms with Crippen molar-refractivity contribution < 1.29 is 4.74 Å². The molecule has 0 aliphatic carbocycles. The molecule has 2 heteroatoms. The fourth-order valence-electron chi connectivity index (χ4n) is 3.29. The number of nitrogens with one attached hydrogen (secondary N) is 1. The molecule has 0 bridgehead atoms. The van der Waals surface area contributed by atoms with E-state index < -0.39 is 0 Å². The molecule has 0 aromatic heterocycles. The lowest BCUT2D eigenvalue weighted by atomic mass is 9.87. The molecular weight excluding hydrogens is 246 g/mol. The summed E-state index contributed by atoms with van der Waals surface area (Å²) >= 11 is 0. The molecule has 1 fully saturated rings. The van der Waals surface area contributed by atoms with E-state index in [4.69, 9.17) is 4.74 Å². The number of hydrogen-bond donors (Lipinski definition) is 1. The van der Waals surface area contributed by atoms with Crippen molar-refractivity contribution in [3.8, 4) is 5.75 Å². The monoisotopic (exact) mass is 275 g/mol. The molecule has 1 aliphatic rings. The molecule has 2 nitrogen and oxygen atoms in total. The molecule has 1 heterocycles. The highest BCUT2D eigenvalue weighted by atomic mass is 16.5. The predicted molar refractivity (Wildman–Crippen MR) is 85.9 cm³/mol. The molecule has 1 saturated heterocycles. The second-order valence-electron chi connectivity index (χ2n) is 6.56. The SMILES string of the molecule is COc1c(C(C)C)ccc(C(C)C)c1CC1CCCN1. The molecule has 2 rings (SSSR count). The van der Waals surface area contributed by atoms with Crippen molar-refractivity contribution in [2.24, 2.45) is 0 Å². The highest BCUT2D eigenvalue weighted by molar-refractivity contribution is 5.49. The van der Waals surface area contributed by atoms with Gasteiger partial charge in [0, 0.05) is 6.04 Å². The van der Waals surface area contributed by atoms with Gasteiger partial charge in [-0.25, -0.2) is 0 Å². The molecule has 1 aliphatic heterocycles. The number of benzene rings is 1. The highest BCUT2D eigenvalue weighted by Crippen LogP contribution is 2.36. The maximum atomic E-state index is 5.81. The van der Waals surface area contributed by atoms with Crippen molar-refractivity contribution in [2.75, 3.05) is 13.7 Å². The summed E-state index contributed by atoms with van der Waals surface area (Å²) < 4.78 is 5.81. The summed E-state index contributed by atoms with van der Waals surface area (Å²) in [6.07, 6.45) is 3.68. The van der Waals surface area contributed by atoms with Crippen LogP contribution in [0.15, 0.2) is 12.1 Å². The summed E-state index contributed by atoms with van der Waals surface area (Å²) in [4.78, 5) is 0. The molecule has 1 aromatic rings. The van der Waals surface area contributed by atoms with Crippen LogP contribution in [-0.2, 0) is 6.42 Å². The van der Waals surface area contributed by atoms with Gasteiger partial charge in [0.05, 0.1) is 7.11 Å². The van der Waals surface area contributed by atoms with Crippen LogP contribution >= 0.6 is 0 Å². The Bertz CT molecular complexity index is 445. The first-order valence-electron chi connectivity index (χ1n) is 7.97. The molecule has 0 saturated carbocycles. The third-order valence-corrected chi connectivity index (χ3v) is 4.39. The molecule has 1 aromatic carbocycles. The van der Waals surface area contributed by atoms with Crippen LogP contribution in [0.25, 0.3) is 0 Å². The van der Waals surface area contributed by atoms with E-state index in [-0.39, 0.29) is 0 Å². The first-order chi connectivity index (χ1) is 9.54. The lowest BCUT2D eigenvalue weighted by Crippen LogP contribution is -2.25. The number of methoxy groups -OCH3 is 1. The minimum absolute atomic E-state index is 0.501. The lowest BCUT2D eigenvalue weighted by molar-refractivity contribution is 0.398. The minimum atomic E-state index is 0.501. The third-order valence-electron chi connectivity index (χ3n) is 4.39. The zero-order chi connectivity index (χ0) is 14.7. The van der Waals surface area contributed by atoms with Gasteiger partial charge in [0.2, 0.25) is 0 Å². The fraction of sp³-hybridized carbons (Fsp3) is 0.667. The van der Waals surface area contributed by atoms with Gasteiger partial charge >= 0.3 is 0 Å². The Hall–Kier alpha value is -1.02. The van der Waals surface area contributed by atoms with Crippen LogP contribution in [0.1, 0.15) is 69.1 Å². The van der Waals surface area contributed by atoms with E-state index in [9.17, 15) is 0 Å². The van der Waals surface area contributed by atoms with E-state index in [1.54, 1.807) is 0 Å². The second-order valence-corrected chi connectivity index (χ2v) is 6.56. The van der Waals surface area contributed by atoms with Crippen molar-refractivity contribution in [3.05, 3.63) is 28.8 Å². The van der Waals surface area contributed by atoms with Crippen molar-refractivity contribution in [2.45, 2.75) is 64.8 Å². The van der Waals surface area contributed by atoms with Gasteiger partial charge in [0.15, 0.2) is 0 Å². The van der Waals surface area contributed by atoms with Gasteiger partial charge in [-0.05, 0) is 54.3 Å². The van der Waals surface area contributed by atoms with E-state index in [0.29, 0.717) is 17.9 Å². The van der Waals surface area contributed by atoms with Gasteiger partial charge in [-0.15, -0.1) is 0 Å². The molecular formula is C18H29NO. The zero-order valence-corrected chi connectivity index (χ0v) is 13.6. The van der Waals surface area contributed by atoms with Crippen LogP contribution in [-0.4, -0.2) is 19.7 Å². The Morgan fingerprint density at radius 1 is 1.15 bits per heavy atom. The van der Waals surface area contributed by atoms with E-state index in [1.165, 1.54) is 29.5 Å². The maximum absolute atomic E-state index is 5.81. The number of ether oxygens (including phenoxy) is 1. The van der Waals surface area contributed by atoms with Gasteiger partial charge in [-0.3, -0.25) is 0 Å². The summed E-state index contributed by atoms with van der Waals surface area (Å²) in [6, 6.07) is 5.18. The van der Waals surface area contributed by atoms with E-state index in [0.717, 1.165) is 18.7 Å². The molecule has 1 N–H and O–H groups in total. The van der Waals surface area contributed by atoms with Crippen LogP contribution in [0.3, 0.4) is 0 Å². The zero-order valence-electron chi connectivity index (χ0n) is 13.6. The van der Waals surface area contributed by atoms with Crippen molar-refractivity contribution in [1.82, 2.24) is 5.32 Å².